The Morgan fingerprint density at radius 2 is 1.82 bits per heavy atom. The van der Waals surface area contributed by atoms with Gasteiger partial charge >= 0.3 is 0 Å². The van der Waals surface area contributed by atoms with Crippen LogP contribution in [-0.2, 0) is 11.2 Å². The lowest BCUT2D eigenvalue weighted by atomic mass is 10.1. The van der Waals surface area contributed by atoms with Crippen LogP contribution in [0.4, 0.5) is 0 Å². The molecule has 5 heteroatoms. The summed E-state index contributed by atoms with van der Waals surface area (Å²) in [6.07, 6.45) is -0.0178. The number of rotatable bonds is 4. The van der Waals surface area contributed by atoms with Gasteiger partial charge in [0.05, 0.1) is 18.6 Å². The van der Waals surface area contributed by atoms with Gasteiger partial charge in [0, 0.05) is 5.56 Å². The summed E-state index contributed by atoms with van der Waals surface area (Å²) in [6.45, 7) is -0.250. The normalized spacial score (nSPS) is 9.06. The van der Waals surface area contributed by atoms with Crippen LogP contribution in [0.25, 0.3) is 0 Å². The molecule has 0 unspecified atom stereocenters. The topological polar surface area (TPSA) is 88.1 Å². The van der Waals surface area contributed by atoms with E-state index >= 15 is 0 Å². The molecule has 1 N–H and O–H groups in total. The Hall–Kier alpha value is -2.53. The minimum absolute atomic E-state index is 0.0178. The number of phenolic OH excluding ortho intramolecular Hbond substituents is 1. The minimum Gasteiger partial charge on any atom is -0.508 e. The molecule has 17 heavy (non-hydrogen) atoms. The zero-order valence-corrected chi connectivity index (χ0v) is 9.13. The number of para-hydroxylation sites is 1. The Labute approximate surface area is 99.1 Å². The number of hydrogen-bond donors (Lipinski definition) is 1. The third-order valence-corrected chi connectivity index (χ3v) is 2.21. The van der Waals surface area contributed by atoms with Crippen molar-refractivity contribution < 1.29 is 9.90 Å². The largest absolute Gasteiger partial charge is 0.508 e. The highest BCUT2D eigenvalue weighted by Crippen LogP contribution is 2.16. The minimum atomic E-state index is -0.352. The van der Waals surface area contributed by atoms with Crippen LogP contribution in [0, 0.1) is 22.7 Å². The van der Waals surface area contributed by atoms with Crippen LogP contribution in [0.3, 0.4) is 0 Å². The fraction of sp³-hybridized carbons (Fsp3) is 0.250. The molecule has 0 saturated carbocycles. The van der Waals surface area contributed by atoms with Crippen molar-refractivity contribution in [3.05, 3.63) is 29.8 Å². The summed E-state index contributed by atoms with van der Waals surface area (Å²) in [7, 11) is 0. The zero-order chi connectivity index (χ0) is 12.7. The molecule has 0 radical (unpaired) electrons. The molecule has 0 aromatic heterocycles. The van der Waals surface area contributed by atoms with Gasteiger partial charge < -0.3 is 10.0 Å². The van der Waals surface area contributed by atoms with Gasteiger partial charge in [0.1, 0.15) is 18.8 Å². The second-order valence-electron chi connectivity index (χ2n) is 3.37. The summed E-state index contributed by atoms with van der Waals surface area (Å²) < 4.78 is 0. The number of nitrogens with zero attached hydrogens (tertiary/aromatic N) is 3. The van der Waals surface area contributed by atoms with Gasteiger partial charge in [-0.1, -0.05) is 18.2 Å². The van der Waals surface area contributed by atoms with E-state index in [2.05, 4.69) is 0 Å². The molecule has 5 nitrogen and oxygen atoms in total. The quantitative estimate of drug-likeness (QED) is 0.774. The Kier molecular flexibility index (Phi) is 4.53. The van der Waals surface area contributed by atoms with E-state index in [0.29, 0.717) is 5.56 Å². The summed E-state index contributed by atoms with van der Waals surface area (Å²) in [6, 6.07) is 10.1. The smallest absolute Gasteiger partial charge is 0.228 e. The number of phenols is 1. The first-order valence-corrected chi connectivity index (χ1v) is 4.97. The SMILES string of the molecule is N#CCN(CC#N)C(=O)Cc1ccccc1O. The summed E-state index contributed by atoms with van der Waals surface area (Å²) in [4.78, 5) is 12.9. The highest BCUT2D eigenvalue weighted by Gasteiger charge is 2.14. The van der Waals surface area contributed by atoms with E-state index in [1.165, 1.54) is 6.07 Å². The summed E-state index contributed by atoms with van der Waals surface area (Å²) in [5.74, 6) is -0.315. The molecule has 0 aliphatic carbocycles. The van der Waals surface area contributed by atoms with Gasteiger partial charge in [0.25, 0.3) is 0 Å². The van der Waals surface area contributed by atoms with E-state index in [1.807, 2.05) is 12.1 Å². The number of carbonyl (C=O) groups is 1. The van der Waals surface area contributed by atoms with E-state index in [-0.39, 0.29) is 31.2 Å². The molecule has 0 fully saturated rings. The van der Waals surface area contributed by atoms with E-state index in [1.54, 1.807) is 18.2 Å². The molecule has 86 valence electrons. The maximum absolute atomic E-state index is 11.8. The molecule has 1 aromatic rings. The highest BCUT2D eigenvalue weighted by atomic mass is 16.3. The first kappa shape index (κ1) is 12.5. The molecule has 0 saturated heterocycles. The van der Waals surface area contributed by atoms with Gasteiger partial charge in [-0.05, 0) is 6.07 Å². The first-order chi connectivity index (χ1) is 8.19. The molecule has 0 aliphatic heterocycles. The molecule has 0 spiro atoms. The summed E-state index contributed by atoms with van der Waals surface area (Å²) >= 11 is 0. The van der Waals surface area contributed by atoms with E-state index < -0.39 is 0 Å². The standard InChI is InChI=1S/C12H11N3O2/c13-5-7-15(8-6-14)12(17)9-10-3-1-2-4-11(10)16/h1-4,16H,7-9H2. The van der Waals surface area contributed by atoms with Crippen LogP contribution >= 0.6 is 0 Å². The number of benzene rings is 1. The third-order valence-electron chi connectivity index (χ3n) is 2.21. The van der Waals surface area contributed by atoms with Crippen molar-refractivity contribution in [2.45, 2.75) is 6.42 Å². The van der Waals surface area contributed by atoms with Crippen molar-refractivity contribution in [3.63, 3.8) is 0 Å². The van der Waals surface area contributed by atoms with Gasteiger partial charge in [-0.15, -0.1) is 0 Å². The van der Waals surface area contributed by atoms with Crippen molar-refractivity contribution in [3.8, 4) is 17.9 Å². The van der Waals surface area contributed by atoms with Crippen LogP contribution < -0.4 is 0 Å². The Bertz CT molecular complexity index is 469. The van der Waals surface area contributed by atoms with Crippen molar-refractivity contribution in [2.75, 3.05) is 13.1 Å². The number of carbonyl (C=O) groups excluding carboxylic acids is 1. The molecule has 1 aromatic carbocycles. The number of hydrogen-bond acceptors (Lipinski definition) is 4. The van der Waals surface area contributed by atoms with Crippen LogP contribution in [0.15, 0.2) is 24.3 Å². The van der Waals surface area contributed by atoms with Gasteiger partial charge in [0.2, 0.25) is 5.91 Å². The number of aromatic hydroxyl groups is 1. The number of nitriles is 2. The molecule has 1 rings (SSSR count). The molecular weight excluding hydrogens is 218 g/mol. The van der Waals surface area contributed by atoms with Crippen LogP contribution in [0.2, 0.25) is 0 Å². The molecule has 1 amide bonds. The molecule has 0 heterocycles. The Balaban J connectivity index is 2.75. The number of amides is 1. The predicted octanol–water partition coefficient (Wildman–Crippen LogP) is 0.810. The average molecular weight is 229 g/mol. The van der Waals surface area contributed by atoms with Crippen molar-refractivity contribution >= 4 is 5.91 Å². The lowest BCUT2D eigenvalue weighted by Gasteiger charge is -2.15. The first-order valence-electron chi connectivity index (χ1n) is 4.97. The molecule has 0 atom stereocenters. The molecular formula is C12H11N3O2. The van der Waals surface area contributed by atoms with E-state index in [0.717, 1.165) is 4.90 Å². The maximum atomic E-state index is 11.8. The van der Waals surface area contributed by atoms with Gasteiger partial charge in [-0.3, -0.25) is 4.79 Å². The van der Waals surface area contributed by atoms with Gasteiger partial charge in [0.15, 0.2) is 0 Å². The Morgan fingerprint density at radius 1 is 1.24 bits per heavy atom. The predicted molar refractivity (Wildman–Crippen MR) is 59.6 cm³/mol. The highest BCUT2D eigenvalue weighted by molar-refractivity contribution is 5.79. The fourth-order valence-corrected chi connectivity index (χ4v) is 1.34. The lowest BCUT2D eigenvalue weighted by Crippen LogP contribution is -2.33. The zero-order valence-electron chi connectivity index (χ0n) is 9.13. The monoisotopic (exact) mass is 229 g/mol. The van der Waals surface area contributed by atoms with E-state index in [4.69, 9.17) is 10.5 Å². The third kappa shape index (κ3) is 3.51. The second-order valence-corrected chi connectivity index (χ2v) is 3.37. The van der Waals surface area contributed by atoms with Crippen molar-refractivity contribution in [1.29, 1.82) is 10.5 Å². The fourth-order valence-electron chi connectivity index (χ4n) is 1.34. The molecule has 0 aliphatic rings. The van der Waals surface area contributed by atoms with Crippen molar-refractivity contribution in [2.24, 2.45) is 0 Å². The lowest BCUT2D eigenvalue weighted by molar-refractivity contribution is -0.129. The van der Waals surface area contributed by atoms with Crippen LogP contribution in [0.5, 0.6) is 5.75 Å². The van der Waals surface area contributed by atoms with Gasteiger partial charge in [-0.2, -0.15) is 10.5 Å². The maximum Gasteiger partial charge on any atom is 0.228 e. The van der Waals surface area contributed by atoms with E-state index in [9.17, 15) is 9.90 Å². The molecule has 0 bridgehead atoms. The van der Waals surface area contributed by atoms with Gasteiger partial charge in [-0.25, -0.2) is 0 Å². The summed E-state index contributed by atoms with van der Waals surface area (Å²) in [5.41, 5.74) is 0.485. The van der Waals surface area contributed by atoms with Crippen LogP contribution in [-0.4, -0.2) is 29.0 Å². The average Bonchev–Trinajstić information content (AvgIpc) is 2.32. The second kappa shape index (κ2) is 6.14. The Morgan fingerprint density at radius 3 is 2.35 bits per heavy atom. The summed E-state index contributed by atoms with van der Waals surface area (Å²) in [5, 5.41) is 26.6. The van der Waals surface area contributed by atoms with Crippen molar-refractivity contribution in [1.82, 2.24) is 4.90 Å². The van der Waals surface area contributed by atoms with Crippen LogP contribution in [0.1, 0.15) is 5.56 Å².